The standard InChI is InChI=1S/C16H16BrFN4O2/c17-13-6-20-16(21-7-13)24-10-11-2-1-3-22(9-11)15(23)12-4-14(18)8-19-5-12/h4-8,11H,1-3,9-10H2. The molecule has 2 aromatic rings. The molecule has 0 radical (unpaired) electrons. The summed E-state index contributed by atoms with van der Waals surface area (Å²) >= 11 is 3.27. The number of aromatic nitrogens is 3. The Morgan fingerprint density at radius 2 is 2.12 bits per heavy atom. The average molecular weight is 395 g/mol. The second kappa shape index (κ2) is 7.65. The topological polar surface area (TPSA) is 68.2 Å². The molecule has 1 atom stereocenters. The summed E-state index contributed by atoms with van der Waals surface area (Å²) in [5.41, 5.74) is 0.271. The number of ether oxygens (including phenoxy) is 1. The molecule has 24 heavy (non-hydrogen) atoms. The average Bonchev–Trinajstić information content (AvgIpc) is 2.61. The molecule has 1 amide bonds. The van der Waals surface area contributed by atoms with Crippen molar-refractivity contribution >= 4 is 21.8 Å². The van der Waals surface area contributed by atoms with E-state index < -0.39 is 5.82 Å². The molecule has 8 heteroatoms. The van der Waals surface area contributed by atoms with Crippen molar-refractivity contribution < 1.29 is 13.9 Å². The van der Waals surface area contributed by atoms with Crippen LogP contribution in [0.3, 0.4) is 0 Å². The Hall–Kier alpha value is -2.09. The van der Waals surface area contributed by atoms with E-state index in [-0.39, 0.29) is 17.4 Å². The first-order valence-corrected chi connectivity index (χ1v) is 8.41. The summed E-state index contributed by atoms with van der Waals surface area (Å²) in [6, 6.07) is 1.53. The van der Waals surface area contributed by atoms with E-state index in [2.05, 4.69) is 30.9 Å². The Morgan fingerprint density at radius 1 is 1.33 bits per heavy atom. The van der Waals surface area contributed by atoms with E-state index in [9.17, 15) is 9.18 Å². The zero-order chi connectivity index (χ0) is 16.9. The van der Waals surface area contributed by atoms with Crippen LogP contribution in [0.1, 0.15) is 23.2 Å². The predicted molar refractivity (Wildman–Crippen MR) is 88.0 cm³/mol. The van der Waals surface area contributed by atoms with Crippen molar-refractivity contribution in [3.63, 3.8) is 0 Å². The molecule has 0 bridgehead atoms. The number of carbonyl (C=O) groups is 1. The van der Waals surface area contributed by atoms with Crippen LogP contribution in [0.5, 0.6) is 6.01 Å². The number of amides is 1. The van der Waals surface area contributed by atoms with Gasteiger partial charge in [0.15, 0.2) is 0 Å². The molecule has 3 heterocycles. The van der Waals surface area contributed by atoms with E-state index in [0.29, 0.717) is 25.7 Å². The van der Waals surface area contributed by atoms with Crippen LogP contribution in [0.25, 0.3) is 0 Å². The zero-order valence-electron chi connectivity index (χ0n) is 12.9. The van der Waals surface area contributed by atoms with Crippen molar-refractivity contribution in [2.24, 2.45) is 5.92 Å². The Morgan fingerprint density at radius 3 is 2.88 bits per heavy atom. The van der Waals surface area contributed by atoms with E-state index in [4.69, 9.17) is 4.74 Å². The third-order valence-electron chi connectivity index (χ3n) is 3.80. The number of carbonyl (C=O) groups excluding carboxylic acids is 1. The molecular formula is C16H16BrFN4O2. The number of rotatable bonds is 4. The highest BCUT2D eigenvalue weighted by molar-refractivity contribution is 9.10. The molecule has 1 unspecified atom stereocenters. The normalized spacial score (nSPS) is 17.6. The minimum absolute atomic E-state index is 0.191. The third-order valence-corrected chi connectivity index (χ3v) is 4.21. The van der Waals surface area contributed by atoms with E-state index in [1.165, 1.54) is 12.3 Å². The zero-order valence-corrected chi connectivity index (χ0v) is 14.4. The van der Waals surface area contributed by atoms with Crippen LogP contribution in [-0.2, 0) is 0 Å². The lowest BCUT2D eigenvalue weighted by Gasteiger charge is -2.32. The highest BCUT2D eigenvalue weighted by Crippen LogP contribution is 2.20. The lowest BCUT2D eigenvalue weighted by molar-refractivity contribution is 0.0628. The lowest BCUT2D eigenvalue weighted by atomic mass is 9.98. The molecule has 6 nitrogen and oxygen atoms in total. The van der Waals surface area contributed by atoms with Crippen LogP contribution in [0.2, 0.25) is 0 Å². The number of likely N-dealkylation sites (tertiary alicyclic amines) is 1. The number of nitrogens with zero attached hydrogens (tertiary/aromatic N) is 4. The molecule has 1 aliphatic rings. The summed E-state index contributed by atoms with van der Waals surface area (Å²) in [6.45, 7) is 1.65. The maximum absolute atomic E-state index is 13.2. The van der Waals surface area contributed by atoms with Gasteiger partial charge in [-0.15, -0.1) is 0 Å². The van der Waals surface area contributed by atoms with Crippen molar-refractivity contribution in [1.29, 1.82) is 0 Å². The van der Waals surface area contributed by atoms with E-state index in [1.807, 2.05) is 0 Å². The van der Waals surface area contributed by atoms with E-state index >= 15 is 0 Å². The molecule has 0 spiro atoms. The Balaban J connectivity index is 1.57. The summed E-state index contributed by atoms with van der Waals surface area (Å²) in [5.74, 6) is -0.520. The van der Waals surface area contributed by atoms with Crippen molar-refractivity contribution in [3.8, 4) is 6.01 Å². The summed E-state index contributed by atoms with van der Waals surface area (Å²) < 4.78 is 19.6. The molecule has 126 valence electrons. The number of hydrogen-bond acceptors (Lipinski definition) is 5. The van der Waals surface area contributed by atoms with Crippen LogP contribution in [0, 0.1) is 11.7 Å². The van der Waals surface area contributed by atoms with Crippen molar-refractivity contribution in [2.45, 2.75) is 12.8 Å². The first-order chi connectivity index (χ1) is 11.6. The fraction of sp³-hybridized carbons (Fsp3) is 0.375. The minimum atomic E-state index is -0.509. The molecule has 0 saturated carbocycles. The summed E-state index contributed by atoms with van der Waals surface area (Å²) in [6.07, 6.45) is 7.56. The lowest BCUT2D eigenvalue weighted by Crippen LogP contribution is -2.41. The van der Waals surface area contributed by atoms with Gasteiger partial charge in [0.25, 0.3) is 5.91 Å². The molecule has 1 fully saturated rings. The SMILES string of the molecule is O=C(c1cncc(F)c1)N1CCCC(COc2ncc(Br)cn2)C1. The minimum Gasteiger partial charge on any atom is -0.463 e. The maximum atomic E-state index is 13.2. The van der Waals surface area contributed by atoms with E-state index in [1.54, 1.807) is 17.3 Å². The molecule has 2 aromatic heterocycles. The summed E-state index contributed by atoms with van der Waals surface area (Å²) in [5, 5.41) is 0. The number of piperidine rings is 1. The summed E-state index contributed by atoms with van der Waals surface area (Å²) in [4.78, 5) is 26.0. The monoisotopic (exact) mass is 394 g/mol. The molecule has 1 saturated heterocycles. The molecular weight excluding hydrogens is 379 g/mol. The molecule has 0 aliphatic carbocycles. The second-order valence-corrected chi connectivity index (χ2v) is 6.56. The van der Waals surface area contributed by atoms with Crippen LogP contribution < -0.4 is 4.74 Å². The molecule has 0 aromatic carbocycles. The first-order valence-electron chi connectivity index (χ1n) is 7.62. The largest absolute Gasteiger partial charge is 0.463 e. The third kappa shape index (κ3) is 4.25. The van der Waals surface area contributed by atoms with Gasteiger partial charge in [-0.25, -0.2) is 14.4 Å². The van der Waals surface area contributed by atoms with Gasteiger partial charge >= 0.3 is 6.01 Å². The summed E-state index contributed by atoms with van der Waals surface area (Å²) in [7, 11) is 0. The number of halogens is 2. The van der Waals surface area contributed by atoms with Gasteiger partial charge in [0.05, 0.1) is 22.8 Å². The van der Waals surface area contributed by atoms with Gasteiger partial charge in [0, 0.05) is 37.6 Å². The predicted octanol–water partition coefficient (Wildman–Crippen LogP) is 2.70. The van der Waals surface area contributed by atoms with Crippen molar-refractivity contribution in [3.05, 3.63) is 46.7 Å². The Kier molecular flexibility index (Phi) is 5.34. The van der Waals surface area contributed by atoms with Gasteiger partial charge in [0.1, 0.15) is 5.82 Å². The van der Waals surface area contributed by atoms with Gasteiger partial charge in [-0.1, -0.05) is 0 Å². The van der Waals surface area contributed by atoms with Gasteiger partial charge in [-0.2, -0.15) is 0 Å². The Labute approximate surface area is 147 Å². The molecule has 1 aliphatic heterocycles. The molecule has 3 rings (SSSR count). The van der Waals surface area contributed by atoms with Gasteiger partial charge in [-0.3, -0.25) is 9.78 Å². The molecule has 0 N–H and O–H groups in total. The number of pyridine rings is 1. The van der Waals surface area contributed by atoms with Gasteiger partial charge in [-0.05, 0) is 34.8 Å². The highest BCUT2D eigenvalue weighted by Gasteiger charge is 2.25. The van der Waals surface area contributed by atoms with Gasteiger partial charge < -0.3 is 9.64 Å². The van der Waals surface area contributed by atoms with Crippen LogP contribution >= 0.6 is 15.9 Å². The fourth-order valence-electron chi connectivity index (χ4n) is 2.66. The van der Waals surface area contributed by atoms with Crippen LogP contribution in [-0.4, -0.2) is 45.5 Å². The Bertz CT molecular complexity index is 713. The maximum Gasteiger partial charge on any atom is 0.316 e. The van der Waals surface area contributed by atoms with Crippen LogP contribution in [0.4, 0.5) is 4.39 Å². The quantitative estimate of drug-likeness (QED) is 0.797. The van der Waals surface area contributed by atoms with Crippen molar-refractivity contribution in [2.75, 3.05) is 19.7 Å². The highest BCUT2D eigenvalue weighted by atomic mass is 79.9. The number of hydrogen-bond donors (Lipinski definition) is 0. The van der Waals surface area contributed by atoms with Gasteiger partial charge in [0.2, 0.25) is 0 Å². The van der Waals surface area contributed by atoms with E-state index in [0.717, 1.165) is 23.5 Å². The van der Waals surface area contributed by atoms with Crippen molar-refractivity contribution in [1.82, 2.24) is 19.9 Å². The fourth-order valence-corrected chi connectivity index (χ4v) is 2.87. The first kappa shape index (κ1) is 16.8. The second-order valence-electron chi connectivity index (χ2n) is 5.65. The van der Waals surface area contributed by atoms with Crippen LogP contribution in [0.15, 0.2) is 35.3 Å². The smallest absolute Gasteiger partial charge is 0.316 e.